The quantitative estimate of drug-likeness (QED) is 0.576. The van der Waals surface area contributed by atoms with Crippen molar-refractivity contribution in [2.75, 3.05) is 26.8 Å². The van der Waals surface area contributed by atoms with Crippen molar-refractivity contribution < 1.29 is 18.8 Å². The van der Waals surface area contributed by atoms with Crippen molar-refractivity contribution >= 4 is 5.91 Å². The highest BCUT2D eigenvalue weighted by molar-refractivity contribution is 5.77. The molecule has 1 saturated heterocycles. The minimum absolute atomic E-state index is 0.00773. The number of nitrogens with zero attached hydrogens (tertiary/aromatic N) is 3. The highest BCUT2D eigenvalue weighted by Gasteiger charge is 2.26. The van der Waals surface area contributed by atoms with E-state index in [2.05, 4.69) is 10.1 Å². The van der Waals surface area contributed by atoms with Crippen LogP contribution in [0.5, 0.6) is 11.5 Å². The SMILES string of the molecule is COc1ccc(OCC(=O)N2CCCC(Cc3nc(-c4ccccc4C)no3)C2)cc1. The Labute approximate surface area is 182 Å². The molecule has 1 aliphatic rings. The molecule has 0 saturated carbocycles. The van der Waals surface area contributed by atoms with Crippen molar-refractivity contribution in [2.45, 2.75) is 26.2 Å². The molecule has 1 fully saturated rings. The number of hydrogen-bond acceptors (Lipinski definition) is 6. The molecule has 162 valence electrons. The largest absolute Gasteiger partial charge is 0.497 e. The minimum Gasteiger partial charge on any atom is -0.497 e. The van der Waals surface area contributed by atoms with E-state index in [1.807, 2.05) is 48.2 Å². The molecule has 7 nitrogen and oxygen atoms in total. The van der Waals surface area contributed by atoms with Gasteiger partial charge in [0.25, 0.3) is 5.91 Å². The Morgan fingerprint density at radius 1 is 1.16 bits per heavy atom. The highest BCUT2D eigenvalue weighted by Crippen LogP contribution is 2.24. The number of amides is 1. The van der Waals surface area contributed by atoms with Crippen LogP contribution in [-0.4, -0.2) is 47.8 Å². The first-order chi connectivity index (χ1) is 15.1. The molecule has 4 rings (SSSR count). The first-order valence-corrected chi connectivity index (χ1v) is 10.6. The number of hydrogen-bond donors (Lipinski definition) is 0. The first-order valence-electron chi connectivity index (χ1n) is 10.6. The number of benzene rings is 2. The third-order valence-corrected chi connectivity index (χ3v) is 5.61. The number of aromatic nitrogens is 2. The summed E-state index contributed by atoms with van der Waals surface area (Å²) in [7, 11) is 1.62. The molecule has 1 aromatic heterocycles. The molecule has 1 aliphatic heterocycles. The summed E-state index contributed by atoms with van der Waals surface area (Å²) in [6, 6.07) is 15.2. The van der Waals surface area contributed by atoms with E-state index in [0.717, 1.165) is 36.3 Å². The second kappa shape index (κ2) is 9.64. The van der Waals surface area contributed by atoms with Crippen molar-refractivity contribution in [3.63, 3.8) is 0 Å². The summed E-state index contributed by atoms with van der Waals surface area (Å²) in [4.78, 5) is 19.1. The van der Waals surface area contributed by atoms with E-state index in [-0.39, 0.29) is 12.5 Å². The van der Waals surface area contributed by atoms with Gasteiger partial charge in [-0.25, -0.2) is 0 Å². The molecule has 1 unspecified atom stereocenters. The van der Waals surface area contributed by atoms with E-state index < -0.39 is 0 Å². The molecule has 0 bridgehead atoms. The number of methoxy groups -OCH3 is 1. The summed E-state index contributed by atoms with van der Waals surface area (Å²) in [5, 5.41) is 4.15. The predicted molar refractivity (Wildman–Crippen MR) is 116 cm³/mol. The molecular formula is C24H27N3O4. The van der Waals surface area contributed by atoms with Gasteiger partial charge in [0.1, 0.15) is 11.5 Å². The van der Waals surface area contributed by atoms with Crippen molar-refractivity contribution in [3.05, 3.63) is 60.0 Å². The van der Waals surface area contributed by atoms with Gasteiger partial charge in [-0.1, -0.05) is 29.4 Å². The lowest BCUT2D eigenvalue weighted by Crippen LogP contribution is -2.42. The molecule has 7 heteroatoms. The van der Waals surface area contributed by atoms with E-state index in [1.165, 1.54) is 0 Å². The zero-order chi connectivity index (χ0) is 21.6. The van der Waals surface area contributed by atoms with E-state index >= 15 is 0 Å². The average molecular weight is 421 g/mol. The number of ether oxygens (including phenoxy) is 2. The van der Waals surface area contributed by atoms with Gasteiger partial charge in [0.05, 0.1) is 7.11 Å². The van der Waals surface area contributed by atoms with Gasteiger partial charge in [-0.15, -0.1) is 0 Å². The van der Waals surface area contributed by atoms with Crippen LogP contribution in [0.4, 0.5) is 0 Å². The highest BCUT2D eigenvalue weighted by atomic mass is 16.5. The van der Waals surface area contributed by atoms with Gasteiger partial charge in [0.15, 0.2) is 6.61 Å². The van der Waals surface area contributed by atoms with E-state index in [1.54, 1.807) is 19.2 Å². The normalized spacial score (nSPS) is 16.2. The van der Waals surface area contributed by atoms with Gasteiger partial charge >= 0.3 is 0 Å². The van der Waals surface area contributed by atoms with Crippen LogP contribution in [0, 0.1) is 12.8 Å². The lowest BCUT2D eigenvalue weighted by molar-refractivity contribution is -0.135. The number of aryl methyl sites for hydroxylation is 1. The number of carbonyl (C=O) groups is 1. The lowest BCUT2D eigenvalue weighted by Gasteiger charge is -2.32. The molecule has 31 heavy (non-hydrogen) atoms. The molecular weight excluding hydrogens is 394 g/mol. The predicted octanol–water partition coefficient (Wildman–Crippen LogP) is 3.91. The smallest absolute Gasteiger partial charge is 0.260 e. The average Bonchev–Trinajstić information content (AvgIpc) is 3.26. The van der Waals surface area contributed by atoms with Crippen molar-refractivity contribution in [1.82, 2.24) is 15.0 Å². The fourth-order valence-electron chi connectivity index (χ4n) is 3.88. The van der Waals surface area contributed by atoms with Crippen LogP contribution in [0.3, 0.4) is 0 Å². The van der Waals surface area contributed by atoms with Gasteiger partial charge in [0, 0.05) is 25.1 Å². The third-order valence-electron chi connectivity index (χ3n) is 5.61. The summed E-state index contributed by atoms with van der Waals surface area (Å²) in [5.41, 5.74) is 2.09. The van der Waals surface area contributed by atoms with Crippen LogP contribution in [-0.2, 0) is 11.2 Å². The zero-order valence-electron chi connectivity index (χ0n) is 17.9. The Kier molecular flexibility index (Phi) is 6.50. The Balaban J connectivity index is 1.31. The Bertz CT molecular complexity index is 1020. The Morgan fingerprint density at radius 3 is 2.71 bits per heavy atom. The van der Waals surface area contributed by atoms with E-state index in [9.17, 15) is 4.79 Å². The van der Waals surface area contributed by atoms with Crippen LogP contribution < -0.4 is 9.47 Å². The van der Waals surface area contributed by atoms with Crippen LogP contribution in [0.15, 0.2) is 53.1 Å². The van der Waals surface area contributed by atoms with Crippen LogP contribution >= 0.6 is 0 Å². The zero-order valence-corrected chi connectivity index (χ0v) is 17.9. The first kappa shape index (κ1) is 20.9. The molecule has 1 atom stereocenters. The van der Waals surface area contributed by atoms with Crippen molar-refractivity contribution in [2.24, 2.45) is 5.92 Å². The van der Waals surface area contributed by atoms with Crippen LogP contribution in [0.2, 0.25) is 0 Å². The minimum atomic E-state index is -0.00773. The molecule has 1 amide bonds. The fourth-order valence-corrected chi connectivity index (χ4v) is 3.88. The molecule has 0 aliphatic carbocycles. The Morgan fingerprint density at radius 2 is 1.94 bits per heavy atom. The number of carbonyl (C=O) groups excluding carboxylic acids is 1. The third kappa shape index (κ3) is 5.23. The second-order valence-electron chi connectivity index (χ2n) is 7.84. The van der Waals surface area contributed by atoms with Gasteiger partial charge in [-0.05, 0) is 55.5 Å². The maximum atomic E-state index is 12.6. The molecule has 0 N–H and O–H groups in total. The number of piperidine rings is 1. The molecule has 0 spiro atoms. The maximum Gasteiger partial charge on any atom is 0.260 e. The van der Waals surface area contributed by atoms with Crippen LogP contribution in [0.25, 0.3) is 11.4 Å². The summed E-state index contributed by atoms with van der Waals surface area (Å²) < 4.78 is 16.3. The van der Waals surface area contributed by atoms with Crippen molar-refractivity contribution in [3.8, 4) is 22.9 Å². The molecule has 3 aromatic rings. The fraction of sp³-hybridized carbons (Fsp3) is 0.375. The van der Waals surface area contributed by atoms with Gasteiger partial charge < -0.3 is 18.9 Å². The van der Waals surface area contributed by atoms with Crippen molar-refractivity contribution in [1.29, 1.82) is 0 Å². The van der Waals surface area contributed by atoms with Crippen LogP contribution in [0.1, 0.15) is 24.3 Å². The van der Waals surface area contributed by atoms with Gasteiger partial charge in [-0.2, -0.15) is 4.98 Å². The van der Waals surface area contributed by atoms with Gasteiger partial charge in [-0.3, -0.25) is 4.79 Å². The topological polar surface area (TPSA) is 77.7 Å². The van der Waals surface area contributed by atoms with Gasteiger partial charge in [0.2, 0.25) is 11.7 Å². The molecule has 2 heterocycles. The summed E-state index contributed by atoms with van der Waals surface area (Å²) >= 11 is 0. The standard InChI is InChI=1S/C24H27N3O4/c1-17-6-3-4-8-21(17)24-25-22(31-26-24)14-18-7-5-13-27(15-18)23(28)16-30-20-11-9-19(29-2)10-12-20/h3-4,6,8-12,18H,5,7,13-16H2,1-2H3. The molecule has 2 aromatic carbocycles. The second-order valence-corrected chi connectivity index (χ2v) is 7.84. The maximum absolute atomic E-state index is 12.6. The number of rotatable bonds is 7. The Hall–Kier alpha value is -3.35. The summed E-state index contributed by atoms with van der Waals surface area (Å²) in [6.45, 7) is 3.48. The monoisotopic (exact) mass is 421 g/mol. The van der Waals surface area contributed by atoms with E-state index in [0.29, 0.717) is 36.3 Å². The lowest BCUT2D eigenvalue weighted by atomic mass is 9.94. The summed E-state index contributed by atoms with van der Waals surface area (Å²) in [5.74, 6) is 2.92. The summed E-state index contributed by atoms with van der Waals surface area (Å²) in [6.07, 6.45) is 2.66. The molecule has 0 radical (unpaired) electrons. The number of likely N-dealkylation sites (tertiary alicyclic amines) is 1. The van der Waals surface area contributed by atoms with E-state index in [4.69, 9.17) is 14.0 Å².